The molecule has 5 heteroatoms. The predicted molar refractivity (Wildman–Crippen MR) is 73.9 cm³/mol. The Hall–Kier alpha value is -2.56. The van der Waals surface area contributed by atoms with Crippen LogP contribution in [0.5, 0.6) is 5.75 Å². The maximum absolute atomic E-state index is 5.70. The highest BCUT2D eigenvalue weighted by Crippen LogP contribution is 2.20. The average molecular weight is 254 g/mol. The van der Waals surface area contributed by atoms with Crippen LogP contribution in [0.3, 0.4) is 0 Å². The smallest absolute Gasteiger partial charge is 0.165 e. The molecule has 0 saturated carbocycles. The predicted octanol–water partition coefficient (Wildman–Crippen LogP) is 2.09. The number of nitrogens with two attached hydrogens (primary N) is 1. The molecule has 0 spiro atoms. The van der Waals surface area contributed by atoms with Crippen LogP contribution in [0.4, 0.5) is 5.82 Å². The van der Waals surface area contributed by atoms with Gasteiger partial charge in [0.2, 0.25) is 0 Å². The van der Waals surface area contributed by atoms with Gasteiger partial charge in [0.1, 0.15) is 12.4 Å². The Morgan fingerprint density at radius 2 is 1.95 bits per heavy atom. The molecule has 0 aliphatic rings. The molecule has 1 aromatic heterocycles. The van der Waals surface area contributed by atoms with E-state index in [9.17, 15) is 0 Å². The van der Waals surface area contributed by atoms with E-state index >= 15 is 0 Å². The van der Waals surface area contributed by atoms with Gasteiger partial charge >= 0.3 is 0 Å². The first-order chi connectivity index (χ1) is 9.31. The van der Waals surface area contributed by atoms with Crippen molar-refractivity contribution in [3.05, 3.63) is 48.7 Å². The minimum absolute atomic E-state index is 0.422. The van der Waals surface area contributed by atoms with Gasteiger partial charge in [0.25, 0.3) is 0 Å². The average Bonchev–Trinajstić information content (AvgIpc) is 2.84. The molecule has 96 valence electrons. The van der Waals surface area contributed by atoms with Crippen molar-refractivity contribution >= 4 is 16.6 Å². The summed E-state index contributed by atoms with van der Waals surface area (Å²) in [7, 11) is 0. The number of hydrogen-bond donors (Lipinski definition) is 1. The van der Waals surface area contributed by atoms with Gasteiger partial charge in [-0.1, -0.05) is 35.5 Å². The van der Waals surface area contributed by atoms with Gasteiger partial charge in [-0.05, 0) is 22.9 Å². The molecule has 0 radical (unpaired) electrons. The van der Waals surface area contributed by atoms with Gasteiger partial charge in [0.05, 0.1) is 12.7 Å². The van der Waals surface area contributed by atoms with Crippen LogP contribution in [-0.4, -0.2) is 21.6 Å². The maximum atomic E-state index is 5.70. The number of benzene rings is 2. The van der Waals surface area contributed by atoms with Crippen molar-refractivity contribution in [3.63, 3.8) is 0 Å². The van der Waals surface area contributed by atoms with Gasteiger partial charge in [-0.25, -0.2) is 4.68 Å². The summed E-state index contributed by atoms with van der Waals surface area (Å²) in [6.07, 6.45) is 1.68. The monoisotopic (exact) mass is 254 g/mol. The Bertz CT molecular complexity index is 692. The normalized spacial score (nSPS) is 10.7. The zero-order valence-electron chi connectivity index (χ0n) is 10.4. The molecule has 0 unspecified atom stereocenters. The van der Waals surface area contributed by atoms with E-state index in [1.165, 1.54) is 10.8 Å². The third-order valence-corrected chi connectivity index (χ3v) is 2.87. The highest BCUT2D eigenvalue weighted by Gasteiger charge is 1.99. The highest BCUT2D eigenvalue weighted by atomic mass is 16.5. The molecule has 2 N–H and O–H groups in total. The molecule has 5 nitrogen and oxygen atoms in total. The number of ether oxygens (including phenoxy) is 1. The summed E-state index contributed by atoms with van der Waals surface area (Å²) in [6.45, 7) is 1.15. The highest BCUT2D eigenvalue weighted by molar-refractivity contribution is 5.83. The third kappa shape index (κ3) is 2.65. The summed E-state index contributed by atoms with van der Waals surface area (Å²) in [5.41, 5.74) is 5.49. The first-order valence-electron chi connectivity index (χ1n) is 6.08. The first kappa shape index (κ1) is 11.5. The number of anilines is 1. The number of rotatable bonds is 4. The molecule has 2 aromatic carbocycles. The molecule has 0 amide bonds. The summed E-state index contributed by atoms with van der Waals surface area (Å²) < 4.78 is 7.36. The SMILES string of the molecule is Nc1cn(CCOc2ccc3ccccc3c2)nn1. The lowest BCUT2D eigenvalue weighted by atomic mass is 10.1. The number of hydrogen-bond acceptors (Lipinski definition) is 4. The largest absolute Gasteiger partial charge is 0.492 e. The zero-order chi connectivity index (χ0) is 13.1. The van der Waals surface area contributed by atoms with E-state index in [0.717, 1.165) is 5.75 Å². The fraction of sp³-hybridized carbons (Fsp3) is 0.143. The van der Waals surface area contributed by atoms with Crippen LogP contribution in [-0.2, 0) is 6.54 Å². The van der Waals surface area contributed by atoms with Crippen LogP contribution in [0.25, 0.3) is 10.8 Å². The fourth-order valence-electron chi connectivity index (χ4n) is 1.94. The Labute approximate surface area is 110 Å². The maximum Gasteiger partial charge on any atom is 0.165 e. The molecule has 0 aliphatic heterocycles. The summed E-state index contributed by atoms with van der Waals surface area (Å²) in [5, 5.41) is 9.96. The van der Waals surface area contributed by atoms with E-state index in [-0.39, 0.29) is 0 Å². The van der Waals surface area contributed by atoms with Crippen molar-refractivity contribution < 1.29 is 4.74 Å². The number of nitrogens with zero attached hydrogens (tertiary/aromatic N) is 3. The second kappa shape index (κ2) is 4.97. The van der Waals surface area contributed by atoms with Crippen LogP contribution in [0.1, 0.15) is 0 Å². The van der Waals surface area contributed by atoms with Crippen molar-refractivity contribution in [2.24, 2.45) is 0 Å². The van der Waals surface area contributed by atoms with Crippen LogP contribution < -0.4 is 10.5 Å². The van der Waals surface area contributed by atoms with Gasteiger partial charge in [-0.15, -0.1) is 5.10 Å². The molecule has 0 fully saturated rings. The van der Waals surface area contributed by atoms with Crippen LogP contribution in [0.15, 0.2) is 48.7 Å². The van der Waals surface area contributed by atoms with E-state index in [4.69, 9.17) is 10.5 Å². The Balaban J connectivity index is 1.65. The lowest BCUT2D eigenvalue weighted by Gasteiger charge is -2.07. The van der Waals surface area contributed by atoms with Crippen molar-refractivity contribution in [1.29, 1.82) is 0 Å². The molecule has 1 heterocycles. The topological polar surface area (TPSA) is 66.0 Å². The van der Waals surface area contributed by atoms with E-state index in [2.05, 4.69) is 28.5 Å². The number of fused-ring (bicyclic) bond motifs is 1. The van der Waals surface area contributed by atoms with Crippen molar-refractivity contribution in [3.8, 4) is 5.75 Å². The summed E-state index contributed by atoms with van der Waals surface area (Å²) >= 11 is 0. The van der Waals surface area contributed by atoms with Gasteiger partial charge in [-0.3, -0.25) is 0 Å². The second-order valence-corrected chi connectivity index (χ2v) is 4.26. The van der Waals surface area contributed by atoms with Crippen molar-refractivity contribution in [1.82, 2.24) is 15.0 Å². The van der Waals surface area contributed by atoms with E-state index in [0.29, 0.717) is 19.0 Å². The lowest BCUT2D eigenvalue weighted by Crippen LogP contribution is -2.08. The van der Waals surface area contributed by atoms with E-state index < -0.39 is 0 Å². The molecule has 0 saturated heterocycles. The Morgan fingerprint density at radius 3 is 2.74 bits per heavy atom. The molecule has 3 rings (SSSR count). The first-order valence-corrected chi connectivity index (χ1v) is 6.08. The minimum atomic E-state index is 0.422. The Morgan fingerprint density at radius 1 is 1.11 bits per heavy atom. The van der Waals surface area contributed by atoms with E-state index in [1.807, 2.05) is 24.3 Å². The second-order valence-electron chi connectivity index (χ2n) is 4.26. The Kier molecular flexibility index (Phi) is 3.02. The zero-order valence-corrected chi connectivity index (χ0v) is 10.4. The fourth-order valence-corrected chi connectivity index (χ4v) is 1.94. The summed E-state index contributed by atoms with van der Waals surface area (Å²) in [4.78, 5) is 0. The summed E-state index contributed by atoms with van der Waals surface area (Å²) in [6, 6.07) is 14.3. The molecule has 3 aromatic rings. The standard InChI is InChI=1S/C14H14N4O/c15-14-10-18(17-16-14)7-8-19-13-6-5-11-3-1-2-4-12(11)9-13/h1-6,9-10H,7-8,15H2. The minimum Gasteiger partial charge on any atom is -0.492 e. The molecule has 0 atom stereocenters. The van der Waals surface area contributed by atoms with Crippen LogP contribution in [0.2, 0.25) is 0 Å². The lowest BCUT2D eigenvalue weighted by molar-refractivity contribution is 0.290. The van der Waals surface area contributed by atoms with Crippen molar-refractivity contribution in [2.45, 2.75) is 6.54 Å². The van der Waals surface area contributed by atoms with Crippen molar-refractivity contribution in [2.75, 3.05) is 12.3 Å². The third-order valence-electron chi connectivity index (χ3n) is 2.87. The number of aromatic nitrogens is 3. The molecule has 0 aliphatic carbocycles. The molecular weight excluding hydrogens is 240 g/mol. The van der Waals surface area contributed by atoms with Gasteiger partial charge in [0.15, 0.2) is 5.82 Å². The summed E-state index contributed by atoms with van der Waals surface area (Å²) in [5.74, 6) is 1.28. The van der Waals surface area contributed by atoms with Crippen LogP contribution >= 0.6 is 0 Å². The van der Waals surface area contributed by atoms with E-state index in [1.54, 1.807) is 10.9 Å². The quantitative estimate of drug-likeness (QED) is 0.774. The number of nitrogen functional groups attached to an aromatic ring is 1. The molecule has 0 bridgehead atoms. The molecular formula is C14H14N4O. The van der Waals surface area contributed by atoms with Gasteiger partial charge in [0, 0.05) is 0 Å². The van der Waals surface area contributed by atoms with Crippen LogP contribution in [0, 0.1) is 0 Å². The van der Waals surface area contributed by atoms with Gasteiger partial charge in [-0.2, -0.15) is 0 Å². The molecule has 19 heavy (non-hydrogen) atoms. The van der Waals surface area contributed by atoms with Gasteiger partial charge < -0.3 is 10.5 Å².